The molecule has 11 heteroatoms. The SMILES string of the molecule is COc1cc(/C=C2\SC(=O)N(CC(=O)Nc3ccc(Br)c(Cl)c3)C2=O)ccc1OC(=O)C12CC3CC(CC(C3)C1)C2. The average Bonchev–Trinajstić information content (AvgIpc) is 3.18. The van der Waals surface area contributed by atoms with Crippen LogP contribution >= 0.6 is 39.3 Å². The zero-order chi connectivity index (χ0) is 28.9. The summed E-state index contributed by atoms with van der Waals surface area (Å²) >= 11 is 10.1. The molecule has 1 saturated heterocycles. The van der Waals surface area contributed by atoms with Crippen LogP contribution in [-0.2, 0) is 14.4 Å². The third-order valence-electron chi connectivity index (χ3n) is 8.54. The number of esters is 1. The Balaban J connectivity index is 1.12. The summed E-state index contributed by atoms with van der Waals surface area (Å²) in [6.07, 6.45) is 7.99. The number of methoxy groups -OCH3 is 1. The molecule has 4 aliphatic carbocycles. The summed E-state index contributed by atoms with van der Waals surface area (Å²) in [5.74, 6) is 1.30. The van der Waals surface area contributed by atoms with Gasteiger partial charge < -0.3 is 14.8 Å². The molecule has 1 heterocycles. The number of anilines is 1. The van der Waals surface area contributed by atoms with Crippen molar-refractivity contribution in [2.24, 2.45) is 23.2 Å². The number of imide groups is 1. The predicted octanol–water partition coefficient (Wildman–Crippen LogP) is 6.91. The van der Waals surface area contributed by atoms with Crippen LogP contribution in [0.5, 0.6) is 11.5 Å². The molecule has 0 spiro atoms. The van der Waals surface area contributed by atoms with Crippen LogP contribution in [0.2, 0.25) is 5.02 Å². The van der Waals surface area contributed by atoms with E-state index in [9.17, 15) is 19.2 Å². The fraction of sp³-hybridized carbons (Fsp3) is 0.400. The van der Waals surface area contributed by atoms with Gasteiger partial charge in [-0.2, -0.15) is 0 Å². The van der Waals surface area contributed by atoms with Crippen LogP contribution in [-0.4, -0.2) is 41.6 Å². The monoisotopic (exact) mass is 658 g/mol. The minimum absolute atomic E-state index is 0.174. The van der Waals surface area contributed by atoms with Crippen LogP contribution in [0.1, 0.15) is 44.1 Å². The second-order valence-corrected chi connectivity index (χ2v) is 13.7. The van der Waals surface area contributed by atoms with E-state index in [4.69, 9.17) is 21.1 Å². The van der Waals surface area contributed by atoms with Crippen LogP contribution in [0.4, 0.5) is 10.5 Å². The van der Waals surface area contributed by atoms with E-state index in [-0.39, 0.29) is 10.9 Å². The van der Waals surface area contributed by atoms with Crippen LogP contribution in [0.3, 0.4) is 0 Å². The van der Waals surface area contributed by atoms with Gasteiger partial charge in [-0.1, -0.05) is 17.7 Å². The van der Waals surface area contributed by atoms with E-state index >= 15 is 0 Å². The van der Waals surface area contributed by atoms with Gasteiger partial charge in [0.05, 0.1) is 22.5 Å². The molecule has 0 aromatic heterocycles. The number of nitrogens with one attached hydrogen (secondary N) is 1. The third kappa shape index (κ3) is 5.66. The first-order valence-electron chi connectivity index (χ1n) is 13.5. The Labute approximate surface area is 255 Å². The maximum atomic E-state index is 13.4. The molecule has 1 N–H and O–H groups in total. The molecule has 7 rings (SSSR count). The summed E-state index contributed by atoms with van der Waals surface area (Å²) in [7, 11) is 1.49. The number of carbonyl (C=O) groups excluding carboxylic acids is 4. The molecule has 4 bridgehead atoms. The first kappa shape index (κ1) is 28.3. The van der Waals surface area contributed by atoms with E-state index in [1.165, 1.54) is 26.4 Å². The molecule has 4 saturated carbocycles. The maximum Gasteiger partial charge on any atom is 0.317 e. The second kappa shape index (κ2) is 11.1. The topological polar surface area (TPSA) is 102 Å². The van der Waals surface area contributed by atoms with Gasteiger partial charge in [0, 0.05) is 10.2 Å². The molecule has 3 amide bonds. The lowest BCUT2D eigenvalue weighted by Gasteiger charge is -2.55. The molecular formula is C30H28BrClN2O6S. The van der Waals surface area contributed by atoms with Gasteiger partial charge in [0.1, 0.15) is 6.54 Å². The summed E-state index contributed by atoms with van der Waals surface area (Å²) in [5, 5.41) is 2.52. The number of carbonyl (C=O) groups is 4. The van der Waals surface area contributed by atoms with E-state index in [1.807, 2.05) is 0 Å². The highest BCUT2D eigenvalue weighted by atomic mass is 79.9. The maximum absolute atomic E-state index is 13.4. The van der Waals surface area contributed by atoms with E-state index < -0.39 is 29.0 Å². The number of hydrogen-bond donors (Lipinski definition) is 1. The lowest BCUT2D eigenvalue weighted by molar-refractivity contribution is -0.161. The largest absolute Gasteiger partial charge is 0.493 e. The molecule has 0 unspecified atom stereocenters. The summed E-state index contributed by atoms with van der Waals surface area (Å²) < 4.78 is 12.1. The minimum Gasteiger partial charge on any atom is -0.493 e. The summed E-state index contributed by atoms with van der Waals surface area (Å²) in [6, 6.07) is 9.94. The summed E-state index contributed by atoms with van der Waals surface area (Å²) in [4.78, 5) is 52.6. The van der Waals surface area contributed by atoms with Crippen LogP contribution in [0.25, 0.3) is 6.08 Å². The molecule has 2 aromatic carbocycles. The van der Waals surface area contributed by atoms with E-state index in [1.54, 1.807) is 42.5 Å². The van der Waals surface area contributed by atoms with Gasteiger partial charge in [-0.25, -0.2) is 0 Å². The molecule has 1 aliphatic heterocycles. The molecule has 0 atom stereocenters. The molecule has 8 nitrogen and oxygen atoms in total. The zero-order valence-electron chi connectivity index (χ0n) is 22.3. The second-order valence-electron chi connectivity index (χ2n) is 11.4. The molecule has 41 heavy (non-hydrogen) atoms. The number of ether oxygens (including phenoxy) is 2. The number of rotatable bonds is 7. The highest BCUT2D eigenvalue weighted by Gasteiger charge is 2.55. The number of amides is 3. The molecule has 5 fully saturated rings. The van der Waals surface area contributed by atoms with Crippen molar-refractivity contribution in [2.45, 2.75) is 38.5 Å². The lowest BCUT2D eigenvalue weighted by Crippen LogP contribution is -2.51. The van der Waals surface area contributed by atoms with Crippen molar-refractivity contribution in [1.82, 2.24) is 4.90 Å². The van der Waals surface area contributed by atoms with Gasteiger partial charge in [-0.15, -0.1) is 0 Å². The van der Waals surface area contributed by atoms with E-state index in [2.05, 4.69) is 21.2 Å². The summed E-state index contributed by atoms with van der Waals surface area (Å²) in [5.41, 5.74) is 0.644. The van der Waals surface area contributed by atoms with Crippen molar-refractivity contribution in [2.75, 3.05) is 19.0 Å². The molecule has 2 aromatic rings. The van der Waals surface area contributed by atoms with Gasteiger partial charge in [0.25, 0.3) is 11.1 Å². The van der Waals surface area contributed by atoms with E-state index in [0.717, 1.165) is 35.9 Å². The molecular weight excluding hydrogens is 632 g/mol. The van der Waals surface area contributed by atoms with Gasteiger partial charge in [0.2, 0.25) is 5.91 Å². The molecule has 214 valence electrons. The van der Waals surface area contributed by atoms with Gasteiger partial charge in [-0.3, -0.25) is 24.1 Å². The van der Waals surface area contributed by atoms with E-state index in [0.29, 0.717) is 50.0 Å². The quantitative estimate of drug-likeness (QED) is 0.196. The Kier molecular flexibility index (Phi) is 7.67. The van der Waals surface area contributed by atoms with Gasteiger partial charge >= 0.3 is 5.97 Å². The fourth-order valence-corrected chi connectivity index (χ4v) is 8.40. The molecule has 5 aliphatic rings. The highest BCUT2D eigenvalue weighted by Crippen LogP contribution is 2.60. The zero-order valence-corrected chi connectivity index (χ0v) is 25.4. The number of nitrogens with zero attached hydrogens (tertiary/aromatic N) is 1. The Bertz CT molecular complexity index is 1460. The first-order chi connectivity index (χ1) is 19.6. The predicted molar refractivity (Wildman–Crippen MR) is 160 cm³/mol. The number of thioether (sulfide) groups is 1. The van der Waals surface area contributed by atoms with Crippen LogP contribution in [0.15, 0.2) is 45.8 Å². The van der Waals surface area contributed by atoms with Crippen molar-refractivity contribution in [3.8, 4) is 11.5 Å². The Morgan fingerprint density at radius 3 is 2.39 bits per heavy atom. The third-order valence-corrected chi connectivity index (χ3v) is 10.7. The lowest BCUT2D eigenvalue weighted by atomic mass is 9.49. The van der Waals surface area contributed by atoms with Crippen molar-refractivity contribution in [1.29, 1.82) is 0 Å². The first-order valence-corrected chi connectivity index (χ1v) is 15.5. The van der Waals surface area contributed by atoms with Crippen molar-refractivity contribution in [3.63, 3.8) is 0 Å². The normalized spacial score (nSPS) is 27.4. The number of hydrogen-bond acceptors (Lipinski definition) is 7. The van der Waals surface area contributed by atoms with Crippen LogP contribution in [0, 0.1) is 23.2 Å². The smallest absolute Gasteiger partial charge is 0.317 e. The number of benzene rings is 2. The molecule has 0 radical (unpaired) electrons. The Morgan fingerprint density at radius 1 is 1.07 bits per heavy atom. The van der Waals surface area contributed by atoms with Crippen LogP contribution < -0.4 is 14.8 Å². The van der Waals surface area contributed by atoms with Crippen molar-refractivity contribution in [3.05, 3.63) is 56.4 Å². The number of halogens is 2. The van der Waals surface area contributed by atoms with Gasteiger partial charge in [-0.05, 0) is 126 Å². The highest BCUT2D eigenvalue weighted by molar-refractivity contribution is 9.10. The average molecular weight is 660 g/mol. The summed E-state index contributed by atoms with van der Waals surface area (Å²) in [6.45, 7) is -0.432. The van der Waals surface area contributed by atoms with Crippen molar-refractivity contribution < 1.29 is 28.7 Å². The van der Waals surface area contributed by atoms with Gasteiger partial charge in [0.15, 0.2) is 11.5 Å². The fourth-order valence-electron chi connectivity index (χ4n) is 7.13. The Morgan fingerprint density at radius 2 is 1.76 bits per heavy atom. The van der Waals surface area contributed by atoms with Crippen molar-refractivity contribution >= 4 is 74.1 Å². The standard InChI is InChI=1S/C30H28BrClN2O6S/c1-39-24-9-16(2-5-23(24)40-28(37)30-12-17-6-18(13-30)8-19(7-17)14-30)10-25-27(36)34(29(38)41-25)15-26(35)33-20-3-4-21(31)22(32)11-20/h2-5,9-11,17-19H,6-8,12-15H2,1H3,(H,33,35)/b25-10-. The Hall–Kier alpha value is -2.82. The minimum atomic E-state index is -0.569.